The van der Waals surface area contributed by atoms with Crippen LogP contribution < -0.4 is 10.1 Å². The zero-order valence-electron chi connectivity index (χ0n) is 15.9. The first-order chi connectivity index (χ1) is 13.4. The number of benzene rings is 1. The molecule has 0 saturated carbocycles. The van der Waals surface area contributed by atoms with E-state index in [4.69, 9.17) is 4.74 Å². The lowest BCUT2D eigenvalue weighted by Crippen LogP contribution is -2.31. The van der Waals surface area contributed by atoms with Crippen molar-refractivity contribution in [2.75, 3.05) is 18.6 Å². The summed E-state index contributed by atoms with van der Waals surface area (Å²) in [6.45, 7) is 2.50. The second-order valence-electron chi connectivity index (χ2n) is 6.84. The van der Waals surface area contributed by atoms with Gasteiger partial charge < -0.3 is 10.1 Å². The van der Waals surface area contributed by atoms with E-state index in [0.29, 0.717) is 6.54 Å². The number of hydrogen-bond acceptors (Lipinski definition) is 5. The molecule has 0 aliphatic carbocycles. The molecule has 160 valence electrons. The van der Waals surface area contributed by atoms with Crippen LogP contribution >= 0.6 is 0 Å². The van der Waals surface area contributed by atoms with Gasteiger partial charge >= 0.3 is 6.18 Å². The van der Waals surface area contributed by atoms with Gasteiger partial charge in [-0.1, -0.05) is 24.3 Å². The first-order valence-corrected chi connectivity index (χ1v) is 10.8. The van der Waals surface area contributed by atoms with E-state index in [1.807, 2.05) is 6.92 Å². The summed E-state index contributed by atoms with van der Waals surface area (Å²) in [5, 5.41) is 3.15. The van der Waals surface area contributed by atoms with Crippen molar-refractivity contribution in [3.05, 3.63) is 59.5 Å². The van der Waals surface area contributed by atoms with E-state index < -0.39 is 33.5 Å². The number of nitrogens with zero attached hydrogens (tertiary/aromatic N) is 1. The minimum atomic E-state index is -4.65. The van der Waals surface area contributed by atoms with Crippen LogP contribution in [0.25, 0.3) is 0 Å². The molecule has 0 fully saturated rings. The predicted octanol–water partition coefficient (Wildman–Crippen LogP) is 3.47. The van der Waals surface area contributed by atoms with Crippen LogP contribution in [-0.2, 0) is 16.4 Å². The summed E-state index contributed by atoms with van der Waals surface area (Å²) in [6, 6.07) is 8.19. The molecule has 1 aromatic carbocycles. The SMILES string of the molecule is C[C@@H](COc1ccc(F)cn1)NCc1ccc([C@H](CS(C)(=O)=O)C(F)(F)F)cc1. The fourth-order valence-corrected chi connectivity index (χ4v) is 3.55. The normalized spacial score (nSPS) is 14.4. The first kappa shape index (κ1) is 23.1. The van der Waals surface area contributed by atoms with Crippen molar-refractivity contribution in [1.29, 1.82) is 0 Å². The molecule has 0 amide bonds. The van der Waals surface area contributed by atoms with Gasteiger partial charge in [-0.2, -0.15) is 13.2 Å². The smallest absolute Gasteiger partial charge is 0.396 e. The van der Waals surface area contributed by atoms with Gasteiger partial charge in [-0.3, -0.25) is 0 Å². The third-order valence-corrected chi connectivity index (χ3v) is 5.02. The highest BCUT2D eigenvalue weighted by atomic mass is 32.2. The van der Waals surface area contributed by atoms with E-state index in [1.165, 1.54) is 36.4 Å². The molecule has 2 aromatic rings. The summed E-state index contributed by atoms with van der Waals surface area (Å²) in [6.07, 6.45) is -2.81. The molecule has 1 aromatic heterocycles. The second kappa shape index (κ2) is 9.53. The van der Waals surface area contributed by atoms with E-state index in [9.17, 15) is 26.0 Å². The Kier molecular flexibility index (Phi) is 7.59. The summed E-state index contributed by atoms with van der Waals surface area (Å²) in [7, 11) is -3.79. The molecule has 5 nitrogen and oxygen atoms in total. The van der Waals surface area contributed by atoms with Crippen LogP contribution in [0.2, 0.25) is 0 Å². The zero-order chi connectivity index (χ0) is 21.7. The van der Waals surface area contributed by atoms with Crippen molar-refractivity contribution in [3.8, 4) is 5.88 Å². The Morgan fingerprint density at radius 3 is 2.31 bits per heavy atom. The van der Waals surface area contributed by atoms with Gasteiger partial charge in [-0.25, -0.2) is 17.8 Å². The monoisotopic (exact) mass is 434 g/mol. The van der Waals surface area contributed by atoms with Crippen molar-refractivity contribution in [2.24, 2.45) is 0 Å². The molecule has 0 aliphatic heterocycles. The zero-order valence-corrected chi connectivity index (χ0v) is 16.7. The van der Waals surface area contributed by atoms with Gasteiger partial charge in [0.05, 0.1) is 17.9 Å². The van der Waals surface area contributed by atoms with Gasteiger partial charge in [0.15, 0.2) is 0 Å². The largest absolute Gasteiger partial charge is 0.476 e. The number of alkyl halides is 3. The number of halogens is 4. The van der Waals surface area contributed by atoms with Gasteiger partial charge in [0.2, 0.25) is 5.88 Å². The maximum atomic E-state index is 13.2. The number of rotatable bonds is 9. The maximum absolute atomic E-state index is 13.2. The van der Waals surface area contributed by atoms with Crippen LogP contribution in [0.15, 0.2) is 42.6 Å². The number of nitrogens with one attached hydrogen (secondary N) is 1. The summed E-state index contributed by atoms with van der Waals surface area (Å²) in [4.78, 5) is 3.78. The predicted molar refractivity (Wildman–Crippen MR) is 101 cm³/mol. The Morgan fingerprint density at radius 1 is 1.14 bits per heavy atom. The average Bonchev–Trinajstić information content (AvgIpc) is 2.63. The van der Waals surface area contributed by atoms with Gasteiger partial charge in [-0.05, 0) is 24.1 Å². The van der Waals surface area contributed by atoms with E-state index in [0.717, 1.165) is 18.0 Å². The lowest BCUT2D eigenvalue weighted by Gasteiger charge is -2.20. The Hall–Kier alpha value is -2.20. The summed E-state index contributed by atoms with van der Waals surface area (Å²) in [5.74, 6) is -3.22. The molecule has 0 aliphatic rings. The van der Waals surface area contributed by atoms with Crippen LogP contribution in [0.1, 0.15) is 24.0 Å². The quantitative estimate of drug-likeness (QED) is 0.612. The van der Waals surface area contributed by atoms with Crippen LogP contribution in [0.5, 0.6) is 5.88 Å². The Bertz CT molecular complexity index is 885. The van der Waals surface area contributed by atoms with Crippen LogP contribution in [-0.4, -0.2) is 44.2 Å². The minimum absolute atomic E-state index is 0.0922. The number of pyridine rings is 1. The number of sulfone groups is 1. The minimum Gasteiger partial charge on any atom is -0.476 e. The highest BCUT2D eigenvalue weighted by molar-refractivity contribution is 7.90. The molecule has 0 bridgehead atoms. The van der Waals surface area contributed by atoms with Gasteiger partial charge in [0, 0.05) is 24.9 Å². The van der Waals surface area contributed by atoms with Crippen molar-refractivity contribution >= 4 is 9.84 Å². The molecule has 0 saturated heterocycles. The lowest BCUT2D eigenvalue weighted by atomic mass is 9.99. The molecule has 10 heteroatoms. The molecule has 1 heterocycles. The molecule has 2 rings (SSSR count). The lowest BCUT2D eigenvalue weighted by molar-refractivity contribution is -0.145. The highest BCUT2D eigenvalue weighted by Crippen LogP contribution is 2.35. The van der Waals surface area contributed by atoms with Crippen molar-refractivity contribution in [2.45, 2.75) is 31.6 Å². The van der Waals surface area contributed by atoms with E-state index in [2.05, 4.69) is 10.3 Å². The Labute approximate surface area is 167 Å². The van der Waals surface area contributed by atoms with Gasteiger partial charge in [-0.15, -0.1) is 0 Å². The third kappa shape index (κ3) is 7.98. The third-order valence-electron chi connectivity index (χ3n) is 4.08. The van der Waals surface area contributed by atoms with Gasteiger partial charge in [0.1, 0.15) is 22.3 Å². The van der Waals surface area contributed by atoms with Crippen LogP contribution in [0.4, 0.5) is 17.6 Å². The molecule has 1 N–H and O–H groups in total. The highest BCUT2D eigenvalue weighted by Gasteiger charge is 2.42. The van der Waals surface area contributed by atoms with Crippen LogP contribution in [0.3, 0.4) is 0 Å². The molecular weight excluding hydrogens is 412 g/mol. The first-order valence-electron chi connectivity index (χ1n) is 8.75. The van der Waals surface area contributed by atoms with E-state index >= 15 is 0 Å². The fourth-order valence-electron chi connectivity index (χ4n) is 2.56. The number of ether oxygens (including phenoxy) is 1. The fraction of sp³-hybridized carbons (Fsp3) is 0.421. The molecule has 0 spiro atoms. The topological polar surface area (TPSA) is 68.3 Å². The van der Waals surface area contributed by atoms with Gasteiger partial charge in [0.25, 0.3) is 0 Å². The second-order valence-corrected chi connectivity index (χ2v) is 9.02. The molecule has 0 radical (unpaired) electrons. The molecule has 29 heavy (non-hydrogen) atoms. The van der Waals surface area contributed by atoms with Crippen molar-refractivity contribution in [3.63, 3.8) is 0 Å². The summed E-state index contributed by atoms with van der Waals surface area (Å²) in [5.41, 5.74) is 0.645. The summed E-state index contributed by atoms with van der Waals surface area (Å²) >= 11 is 0. The van der Waals surface area contributed by atoms with Crippen LogP contribution in [0, 0.1) is 5.82 Å². The Morgan fingerprint density at radius 2 is 1.79 bits per heavy atom. The Balaban J connectivity index is 1.91. The number of aromatic nitrogens is 1. The maximum Gasteiger partial charge on any atom is 0.396 e. The molecular formula is C19H22F4N2O3S. The van der Waals surface area contributed by atoms with Crippen molar-refractivity contribution < 1.29 is 30.7 Å². The standard InChI is InChI=1S/C19H22F4N2O3S/c1-13(11-28-18-8-7-16(20)10-25-18)24-9-14-3-5-15(6-4-14)17(19(21,22)23)12-29(2,26)27/h3-8,10,13,17,24H,9,11-12H2,1-2H3/t13-,17-/m0/s1. The number of hydrogen-bond donors (Lipinski definition) is 1. The van der Waals surface area contributed by atoms with E-state index in [1.54, 1.807) is 0 Å². The summed E-state index contributed by atoms with van der Waals surface area (Å²) < 4.78 is 80.6. The average molecular weight is 434 g/mol. The molecule has 0 unspecified atom stereocenters. The molecule has 2 atom stereocenters. The van der Waals surface area contributed by atoms with E-state index in [-0.39, 0.29) is 24.1 Å². The van der Waals surface area contributed by atoms with Crippen molar-refractivity contribution in [1.82, 2.24) is 10.3 Å².